The molecule has 1 rings (SSSR count). The van der Waals surface area contributed by atoms with Crippen molar-refractivity contribution < 1.29 is 5.11 Å². The second-order valence-corrected chi connectivity index (χ2v) is 3.46. The first-order chi connectivity index (χ1) is 6.64. The average Bonchev–Trinajstić information content (AvgIpc) is 2.19. The summed E-state index contributed by atoms with van der Waals surface area (Å²) >= 11 is 0. The molecule has 1 atom stereocenters. The quantitative estimate of drug-likeness (QED) is 0.732. The maximum atomic E-state index is 9.54. The fraction of sp³-hybridized carbons (Fsp3) is 0.455. The van der Waals surface area contributed by atoms with Crippen LogP contribution in [0, 0.1) is 0 Å². The Morgan fingerprint density at radius 2 is 1.93 bits per heavy atom. The number of nitrogens with zero attached hydrogens (tertiary/aromatic N) is 2. The Hall–Kier alpha value is -1.22. The molecule has 0 amide bonds. The lowest BCUT2D eigenvalue weighted by atomic mass is 10.2. The molecule has 3 heteroatoms. The molecule has 0 aromatic heterocycles. The van der Waals surface area contributed by atoms with Crippen molar-refractivity contribution in [2.24, 2.45) is 10.2 Å². The molecule has 0 heterocycles. The molecule has 0 aliphatic carbocycles. The van der Waals surface area contributed by atoms with Crippen LogP contribution in [-0.4, -0.2) is 10.8 Å². The molecule has 1 aromatic rings. The van der Waals surface area contributed by atoms with Gasteiger partial charge in [-0.25, -0.2) is 0 Å². The number of aliphatic hydroxyl groups is 1. The molecular weight excluding hydrogens is 176 g/mol. The van der Waals surface area contributed by atoms with E-state index in [2.05, 4.69) is 10.2 Å². The summed E-state index contributed by atoms with van der Waals surface area (Å²) in [7, 11) is 0. The van der Waals surface area contributed by atoms with Gasteiger partial charge in [0.1, 0.15) is 0 Å². The van der Waals surface area contributed by atoms with E-state index >= 15 is 0 Å². The van der Waals surface area contributed by atoms with Crippen molar-refractivity contribution in [3.8, 4) is 0 Å². The van der Waals surface area contributed by atoms with Crippen LogP contribution in [0.25, 0.3) is 0 Å². The summed E-state index contributed by atoms with van der Waals surface area (Å²) < 4.78 is 0. The van der Waals surface area contributed by atoms with Gasteiger partial charge in [-0.1, -0.05) is 37.3 Å². The summed E-state index contributed by atoms with van der Waals surface area (Å²) in [4.78, 5) is 0. The van der Waals surface area contributed by atoms with Crippen LogP contribution in [0.5, 0.6) is 0 Å². The van der Waals surface area contributed by atoms with Gasteiger partial charge in [0.25, 0.3) is 0 Å². The summed E-state index contributed by atoms with van der Waals surface area (Å²) in [6, 6.07) is 9.85. The van der Waals surface area contributed by atoms with Crippen molar-refractivity contribution in [2.75, 3.05) is 0 Å². The first-order valence-corrected chi connectivity index (χ1v) is 4.79. The number of hydrogen-bond donors (Lipinski definition) is 1. The van der Waals surface area contributed by atoms with E-state index in [1.165, 1.54) is 0 Å². The van der Waals surface area contributed by atoms with Crippen molar-refractivity contribution in [1.29, 1.82) is 0 Å². The van der Waals surface area contributed by atoms with E-state index in [-0.39, 0.29) is 0 Å². The van der Waals surface area contributed by atoms with Gasteiger partial charge < -0.3 is 5.11 Å². The molecule has 0 radical (unpaired) electrons. The summed E-state index contributed by atoms with van der Waals surface area (Å²) in [6.45, 7) is 4.06. The third-order valence-corrected chi connectivity index (χ3v) is 2.05. The molecule has 1 N–H and O–H groups in total. The summed E-state index contributed by atoms with van der Waals surface area (Å²) in [5.74, 6) is 0. The van der Waals surface area contributed by atoms with Gasteiger partial charge in [-0.3, -0.25) is 0 Å². The molecule has 76 valence electrons. The Bertz CT molecular complexity index is 293. The lowest BCUT2D eigenvalue weighted by Gasteiger charge is -2.12. The Morgan fingerprint density at radius 3 is 2.50 bits per heavy atom. The molecule has 1 aromatic carbocycles. The molecule has 0 fully saturated rings. The molecule has 3 nitrogen and oxygen atoms in total. The van der Waals surface area contributed by atoms with Gasteiger partial charge in [-0.15, -0.1) is 0 Å². The number of azo groups is 1. The SMILES string of the molecule is CCC(C)(O)N=NCc1ccccc1. The van der Waals surface area contributed by atoms with Crippen molar-refractivity contribution in [3.05, 3.63) is 35.9 Å². The topological polar surface area (TPSA) is 45.0 Å². The van der Waals surface area contributed by atoms with Crippen LogP contribution < -0.4 is 0 Å². The van der Waals surface area contributed by atoms with Crippen LogP contribution in [0.4, 0.5) is 0 Å². The monoisotopic (exact) mass is 192 g/mol. The van der Waals surface area contributed by atoms with E-state index in [1.54, 1.807) is 6.92 Å². The van der Waals surface area contributed by atoms with Gasteiger partial charge in [-0.2, -0.15) is 10.2 Å². The lowest BCUT2D eigenvalue weighted by molar-refractivity contribution is 0.0569. The van der Waals surface area contributed by atoms with Crippen LogP contribution in [0.3, 0.4) is 0 Å². The summed E-state index contributed by atoms with van der Waals surface area (Å²) in [6.07, 6.45) is 0.575. The molecule has 0 bridgehead atoms. The fourth-order valence-corrected chi connectivity index (χ4v) is 0.923. The maximum absolute atomic E-state index is 9.54. The van der Waals surface area contributed by atoms with Crippen LogP contribution in [0.15, 0.2) is 40.6 Å². The number of benzene rings is 1. The molecular formula is C11H16N2O. The third kappa shape index (κ3) is 3.66. The van der Waals surface area contributed by atoms with Gasteiger partial charge in [-0.05, 0) is 18.9 Å². The molecule has 0 aliphatic rings. The Balaban J connectivity index is 2.49. The Labute approximate surface area is 84.5 Å². The fourth-order valence-electron chi connectivity index (χ4n) is 0.923. The van der Waals surface area contributed by atoms with Gasteiger partial charge in [0.05, 0.1) is 6.54 Å². The summed E-state index contributed by atoms with van der Waals surface area (Å²) in [5.41, 5.74) is 0.0811. The zero-order chi connectivity index (χ0) is 10.4. The van der Waals surface area contributed by atoms with Gasteiger partial charge in [0.15, 0.2) is 5.72 Å². The average molecular weight is 192 g/mol. The first kappa shape index (κ1) is 10.9. The maximum Gasteiger partial charge on any atom is 0.172 e. The highest BCUT2D eigenvalue weighted by Gasteiger charge is 2.14. The second kappa shape index (κ2) is 4.86. The molecule has 1 unspecified atom stereocenters. The van der Waals surface area contributed by atoms with E-state index < -0.39 is 5.72 Å². The minimum Gasteiger partial charge on any atom is -0.368 e. The smallest absolute Gasteiger partial charge is 0.172 e. The van der Waals surface area contributed by atoms with Gasteiger partial charge >= 0.3 is 0 Å². The first-order valence-electron chi connectivity index (χ1n) is 4.79. The lowest BCUT2D eigenvalue weighted by Crippen LogP contribution is -2.18. The van der Waals surface area contributed by atoms with Crippen LogP contribution in [-0.2, 0) is 6.54 Å². The highest BCUT2D eigenvalue weighted by molar-refractivity contribution is 5.14. The molecule has 0 spiro atoms. The predicted molar refractivity (Wildman–Crippen MR) is 55.9 cm³/mol. The zero-order valence-corrected chi connectivity index (χ0v) is 8.64. The van der Waals surface area contributed by atoms with Crippen LogP contribution in [0.2, 0.25) is 0 Å². The minimum atomic E-state index is -1.02. The van der Waals surface area contributed by atoms with E-state index in [0.717, 1.165) is 5.56 Å². The van der Waals surface area contributed by atoms with Crippen molar-refractivity contribution in [2.45, 2.75) is 32.5 Å². The molecule has 0 saturated carbocycles. The molecule has 0 aliphatic heterocycles. The number of rotatable bonds is 4. The highest BCUT2D eigenvalue weighted by atomic mass is 16.3. The molecule has 0 saturated heterocycles. The van der Waals surface area contributed by atoms with Crippen LogP contribution >= 0.6 is 0 Å². The van der Waals surface area contributed by atoms with Crippen molar-refractivity contribution >= 4 is 0 Å². The highest BCUT2D eigenvalue weighted by Crippen LogP contribution is 2.11. The van der Waals surface area contributed by atoms with Gasteiger partial charge in [0, 0.05) is 0 Å². The van der Waals surface area contributed by atoms with Crippen molar-refractivity contribution in [3.63, 3.8) is 0 Å². The zero-order valence-electron chi connectivity index (χ0n) is 8.64. The van der Waals surface area contributed by atoms with E-state index in [9.17, 15) is 5.11 Å². The van der Waals surface area contributed by atoms with E-state index in [4.69, 9.17) is 0 Å². The van der Waals surface area contributed by atoms with E-state index in [1.807, 2.05) is 37.3 Å². The largest absolute Gasteiger partial charge is 0.368 e. The third-order valence-electron chi connectivity index (χ3n) is 2.05. The van der Waals surface area contributed by atoms with Gasteiger partial charge in [0.2, 0.25) is 0 Å². The summed E-state index contributed by atoms with van der Waals surface area (Å²) in [5, 5.41) is 17.4. The molecule has 14 heavy (non-hydrogen) atoms. The normalized spacial score (nSPS) is 15.6. The van der Waals surface area contributed by atoms with E-state index in [0.29, 0.717) is 13.0 Å². The number of hydrogen-bond acceptors (Lipinski definition) is 3. The Morgan fingerprint density at radius 1 is 1.29 bits per heavy atom. The minimum absolute atomic E-state index is 0.525. The second-order valence-electron chi connectivity index (χ2n) is 3.46. The van der Waals surface area contributed by atoms with Crippen molar-refractivity contribution in [1.82, 2.24) is 0 Å². The Kier molecular flexibility index (Phi) is 3.77. The van der Waals surface area contributed by atoms with Crippen LogP contribution in [0.1, 0.15) is 25.8 Å². The predicted octanol–water partition coefficient (Wildman–Crippen LogP) is 2.76. The standard InChI is InChI=1S/C11H16N2O/c1-3-11(2,14)13-12-9-10-7-5-4-6-8-10/h4-8,14H,3,9H2,1-2H3.